The lowest BCUT2D eigenvalue weighted by molar-refractivity contribution is 0.392. The fourth-order valence-corrected chi connectivity index (χ4v) is 2.79. The van der Waals surface area contributed by atoms with Crippen molar-refractivity contribution in [3.05, 3.63) is 52.9 Å². The van der Waals surface area contributed by atoms with E-state index in [4.69, 9.17) is 9.52 Å². The van der Waals surface area contributed by atoms with Crippen molar-refractivity contribution in [1.29, 1.82) is 0 Å². The Morgan fingerprint density at radius 1 is 1.19 bits per heavy atom. The molecule has 0 fully saturated rings. The Balaban J connectivity index is 0.00000338. The van der Waals surface area contributed by atoms with E-state index in [0.717, 1.165) is 48.8 Å². The number of nitrogens with one attached hydrogen (secondary N) is 2. The van der Waals surface area contributed by atoms with E-state index >= 15 is 0 Å². The van der Waals surface area contributed by atoms with E-state index in [1.807, 2.05) is 13.8 Å². The summed E-state index contributed by atoms with van der Waals surface area (Å²) < 4.78 is 5.21. The molecule has 2 rings (SSSR count). The Kier molecular flexibility index (Phi) is 10.3. The van der Waals surface area contributed by atoms with Crippen molar-refractivity contribution in [3.8, 4) is 0 Å². The summed E-state index contributed by atoms with van der Waals surface area (Å²) in [7, 11) is 0. The minimum absolute atomic E-state index is 0. The predicted molar refractivity (Wildman–Crippen MR) is 118 cm³/mol. The highest BCUT2D eigenvalue weighted by Crippen LogP contribution is 2.12. The summed E-state index contributed by atoms with van der Waals surface area (Å²) in [5.41, 5.74) is 3.50. The molecule has 0 radical (unpaired) electrons. The third kappa shape index (κ3) is 7.35. The SMILES string of the molecule is CCNC(=NCCc1c(C)noc1C)NC(C)CCc1ccccc1.I. The monoisotopic (exact) mass is 470 g/mol. The van der Waals surface area contributed by atoms with Crippen molar-refractivity contribution in [2.75, 3.05) is 13.1 Å². The van der Waals surface area contributed by atoms with Crippen LogP contribution in [0.4, 0.5) is 0 Å². The molecule has 0 saturated heterocycles. The van der Waals surface area contributed by atoms with Gasteiger partial charge in [-0.2, -0.15) is 0 Å². The van der Waals surface area contributed by atoms with Crippen LogP contribution in [0.25, 0.3) is 0 Å². The highest BCUT2D eigenvalue weighted by Gasteiger charge is 2.09. The van der Waals surface area contributed by atoms with Gasteiger partial charge in [0.1, 0.15) is 5.76 Å². The molecule has 1 atom stereocenters. The molecule has 5 nitrogen and oxygen atoms in total. The smallest absolute Gasteiger partial charge is 0.191 e. The highest BCUT2D eigenvalue weighted by molar-refractivity contribution is 14.0. The molecule has 0 aliphatic heterocycles. The van der Waals surface area contributed by atoms with Gasteiger partial charge < -0.3 is 15.2 Å². The molecule has 1 heterocycles. The van der Waals surface area contributed by atoms with E-state index in [1.165, 1.54) is 5.56 Å². The molecular formula is C20H31IN4O. The Bertz CT molecular complexity index is 650. The van der Waals surface area contributed by atoms with Crippen molar-refractivity contribution < 1.29 is 4.52 Å². The molecule has 1 aromatic carbocycles. The molecule has 1 aromatic heterocycles. The molecule has 144 valence electrons. The topological polar surface area (TPSA) is 62.5 Å². The molecule has 0 spiro atoms. The minimum atomic E-state index is 0. The molecule has 0 aliphatic carbocycles. The number of hydrogen-bond acceptors (Lipinski definition) is 3. The summed E-state index contributed by atoms with van der Waals surface area (Å²) in [5.74, 6) is 1.76. The molecule has 0 amide bonds. The first kappa shape index (κ1) is 22.5. The second-order valence-electron chi connectivity index (χ2n) is 6.38. The van der Waals surface area contributed by atoms with Crippen LogP contribution in [0.1, 0.15) is 42.8 Å². The molecule has 0 aliphatic rings. The summed E-state index contributed by atoms with van der Waals surface area (Å²) in [6.45, 7) is 9.77. The maximum atomic E-state index is 5.21. The van der Waals surface area contributed by atoms with Gasteiger partial charge in [-0.25, -0.2) is 0 Å². The average molecular weight is 470 g/mol. The van der Waals surface area contributed by atoms with Gasteiger partial charge in [-0.3, -0.25) is 4.99 Å². The molecule has 1 unspecified atom stereocenters. The Morgan fingerprint density at radius 2 is 1.92 bits per heavy atom. The molecule has 0 bridgehead atoms. The average Bonchev–Trinajstić information content (AvgIpc) is 2.93. The van der Waals surface area contributed by atoms with Crippen LogP contribution < -0.4 is 10.6 Å². The third-order valence-corrected chi connectivity index (χ3v) is 4.25. The second kappa shape index (κ2) is 11.9. The Labute approximate surface area is 174 Å². The van der Waals surface area contributed by atoms with Gasteiger partial charge in [0.05, 0.1) is 5.69 Å². The zero-order valence-electron chi connectivity index (χ0n) is 16.2. The van der Waals surface area contributed by atoms with Crippen molar-refractivity contribution >= 4 is 29.9 Å². The van der Waals surface area contributed by atoms with E-state index in [-0.39, 0.29) is 24.0 Å². The fourth-order valence-electron chi connectivity index (χ4n) is 2.79. The van der Waals surface area contributed by atoms with Crippen LogP contribution in [0.2, 0.25) is 0 Å². The van der Waals surface area contributed by atoms with Crippen LogP contribution in [0, 0.1) is 13.8 Å². The summed E-state index contributed by atoms with van der Waals surface area (Å²) in [4.78, 5) is 4.69. The molecular weight excluding hydrogens is 439 g/mol. The Morgan fingerprint density at radius 3 is 2.54 bits per heavy atom. The van der Waals surface area contributed by atoms with E-state index in [0.29, 0.717) is 12.6 Å². The summed E-state index contributed by atoms with van der Waals surface area (Å²) >= 11 is 0. The standard InChI is InChI=1S/C20H30N4O.HI/c1-5-21-20(22-14-13-19-16(3)24-25-17(19)4)23-15(2)11-12-18-9-7-6-8-10-18;/h6-10,15H,5,11-14H2,1-4H3,(H2,21,22,23);1H. The number of nitrogens with zero attached hydrogens (tertiary/aromatic N) is 2. The van der Waals surface area contributed by atoms with Crippen molar-refractivity contribution in [2.24, 2.45) is 4.99 Å². The van der Waals surface area contributed by atoms with Crippen molar-refractivity contribution in [1.82, 2.24) is 15.8 Å². The number of halogens is 1. The van der Waals surface area contributed by atoms with Gasteiger partial charge in [-0.05, 0) is 52.5 Å². The number of aromatic nitrogens is 1. The van der Waals surface area contributed by atoms with Crippen LogP contribution in [0.3, 0.4) is 0 Å². The molecule has 6 heteroatoms. The zero-order chi connectivity index (χ0) is 18.1. The number of guanidine groups is 1. The first-order valence-corrected chi connectivity index (χ1v) is 9.10. The molecule has 0 saturated carbocycles. The molecule has 26 heavy (non-hydrogen) atoms. The van der Waals surface area contributed by atoms with Gasteiger partial charge >= 0.3 is 0 Å². The lowest BCUT2D eigenvalue weighted by atomic mass is 10.1. The fraction of sp³-hybridized carbons (Fsp3) is 0.500. The lowest BCUT2D eigenvalue weighted by Gasteiger charge is -2.18. The highest BCUT2D eigenvalue weighted by atomic mass is 127. The van der Waals surface area contributed by atoms with Gasteiger partial charge in [0.2, 0.25) is 0 Å². The Hall–Kier alpha value is -1.57. The summed E-state index contributed by atoms with van der Waals surface area (Å²) in [5, 5.41) is 10.8. The van der Waals surface area contributed by atoms with E-state index in [2.05, 4.69) is 60.0 Å². The quantitative estimate of drug-likeness (QED) is 0.348. The largest absolute Gasteiger partial charge is 0.361 e. The molecule has 2 aromatic rings. The van der Waals surface area contributed by atoms with Crippen LogP contribution in [-0.2, 0) is 12.8 Å². The first-order chi connectivity index (χ1) is 12.1. The van der Waals surface area contributed by atoms with Gasteiger partial charge in [-0.1, -0.05) is 35.5 Å². The van der Waals surface area contributed by atoms with E-state index in [1.54, 1.807) is 0 Å². The number of rotatable bonds is 8. The number of benzene rings is 1. The van der Waals surface area contributed by atoms with Gasteiger partial charge in [0, 0.05) is 24.7 Å². The lowest BCUT2D eigenvalue weighted by Crippen LogP contribution is -2.42. The van der Waals surface area contributed by atoms with Gasteiger partial charge in [-0.15, -0.1) is 24.0 Å². The van der Waals surface area contributed by atoms with Crippen LogP contribution in [0.5, 0.6) is 0 Å². The number of aryl methyl sites for hydroxylation is 3. The third-order valence-electron chi connectivity index (χ3n) is 4.25. The second-order valence-corrected chi connectivity index (χ2v) is 6.38. The minimum Gasteiger partial charge on any atom is -0.361 e. The van der Waals surface area contributed by atoms with Crippen LogP contribution >= 0.6 is 24.0 Å². The maximum absolute atomic E-state index is 5.21. The van der Waals surface area contributed by atoms with E-state index in [9.17, 15) is 0 Å². The van der Waals surface area contributed by atoms with E-state index < -0.39 is 0 Å². The van der Waals surface area contributed by atoms with Crippen LogP contribution in [0.15, 0.2) is 39.8 Å². The summed E-state index contributed by atoms with van der Waals surface area (Å²) in [6.07, 6.45) is 2.97. The maximum Gasteiger partial charge on any atom is 0.191 e. The van der Waals surface area contributed by atoms with Crippen molar-refractivity contribution in [3.63, 3.8) is 0 Å². The number of hydrogen-bond donors (Lipinski definition) is 2. The summed E-state index contributed by atoms with van der Waals surface area (Å²) in [6, 6.07) is 10.9. The number of aliphatic imine (C=N–C) groups is 1. The predicted octanol–water partition coefficient (Wildman–Crippen LogP) is 4.03. The van der Waals surface area contributed by atoms with Crippen molar-refractivity contribution in [2.45, 2.75) is 53.0 Å². The normalized spacial score (nSPS) is 12.4. The van der Waals surface area contributed by atoms with Gasteiger partial charge in [0.15, 0.2) is 5.96 Å². The zero-order valence-corrected chi connectivity index (χ0v) is 18.5. The van der Waals surface area contributed by atoms with Crippen LogP contribution in [-0.4, -0.2) is 30.2 Å². The first-order valence-electron chi connectivity index (χ1n) is 9.10. The molecule has 2 N–H and O–H groups in total. The van der Waals surface area contributed by atoms with Gasteiger partial charge in [0.25, 0.3) is 0 Å².